The highest BCUT2D eigenvalue weighted by Gasteiger charge is 2.28. The van der Waals surface area contributed by atoms with Crippen molar-refractivity contribution in [1.82, 2.24) is 14.9 Å². The SMILES string of the molecule is CC(C)(C)OC(=O)N1CCC(=O)N(c2cnc(Cl)nc2)CC1. The zero-order valence-electron chi connectivity index (χ0n) is 12.9. The minimum atomic E-state index is -0.558. The molecule has 0 unspecified atom stereocenters. The van der Waals surface area contributed by atoms with E-state index in [2.05, 4.69) is 9.97 Å². The highest BCUT2D eigenvalue weighted by molar-refractivity contribution is 6.28. The summed E-state index contributed by atoms with van der Waals surface area (Å²) in [5, 5.41) is 0.126. The first kappa shape index (κ1) is 16.5. The van der Waals surface area contributed by atoms with Gasteiger partial charge in [-0.2, -0.15) is 0 Å². The van der Waals surface area contributed by atoms with Crippen molar-refractivity contribution in [2.75, 3.05) is 24.5 Å². The number of ether oxygens (including phenoxy) is 1. The largest absolute Gasteiger partial charge is 0.444 e. The Kier molecular flexibility index (Phi) is 4.85. The third-order valence-electron chi connectivity index (χ3n) is 3.06. The van der Waals surface area contributed by atoms with Crippen LogP contribution in [0.2, 0.25) is 5.28 Å². The van der Waals surface area contributed by atoms with Crippen LogP contribution in [0.5, 0.6) is 0 Å². The molecule has 1 fully saturated rings. The van der Waals surface area contributed by atoms with Gasteiger partial charge in [0.1, 0.15) is 5.60 Å². The number of anilines is 1. The molecular weight excluding hydrogens is 308 g/mol. The Bertz CT molecular complexity index is 556. The Balaban J connectivity index is 2.06. The molecule has 2 rings (SSSR count). The number of aromatic nitrogens is 2. The second kappa shape index (κ2) is 6.48. The van der Waals surface area contributed by atoms with Crippen molar-refractivity contribution in [2.45, 2.75) is 32.8 Å². The van der Waals surface area contributed by atoms with Crippen LogP contribution < -0.4 is 4.90 Å². The van der Waals surface area contributed by atoms with E-state index in [1.807, 2.05) is 20.8 Å². The van der Waals surface area contributed by atoms with Crippen molar-refractivity contribution in [2.24, 2.45) is 0 Å². The molecule has 2 amide bonds. The number of carbonyl (C=O) groups excluding carboxylic acids is 2. The van der Waals surface area contributed by atoms with Gasteiger partial charge in [0.2, 0.25) is 11.2 Å². The second-order valence-corrected chi connectivity index (χ2v) is 6.31. The predicted molar refractivity (Wildman–Crippen MR) is 81.8 cm³/mol. The molecule has 1 aliphatic heterocycles. The van der Waals surface area contributed by atoms with Gasteiger partial charge in [-0.15, -0.1) is 0 Å². The van der Waals surface area contributed by atoms with Crippen LogP contribution in [0.25, 0.3) is 0 Å². The molecule has 1 aromatic rings. The lowest BCUT2D eigenvalue weighted by Crippen LogP contribution is -2.39. The number of hydrogen-bond acceptors (Lipinski definition) is 5. The molecule has 7 nitrogen and oxygen atoms in total. The molecule has 0 N–H and O–H groups in total. The van der Waals surface area contributed by atoms with Gasteiger partial charge in [-0.3, -0.25) is 4.79 Å². The average molecular weight is 327 g/mol. The first-order chi connectivity index (χ1) is 10.3. The number of carbonyl (C=O) groups is 2. The number of halogens is 1. The number of amides is 2. The van der Waals surface area contributed by atoms with Gasteiger partial charge in [-0.25, -0.2) is 14.8 Å². The fourth-order valence-electron chi connectivity index (χ4n) is 2.05. The van der Waals surface area contributed by atoms with Gasteiger partial charge in [-0.1, -0.05) is 0 Å². The van der Waals surface area contributed by atoms with Crippen LogP contribution in [0.15, 0.2) is 12.4 Å². The molecule has 22 heavy (non-hydrogen) atoms. The van der Waals surface area contributed by atoms with Crippen molar-refractivity contribution < 1.29 is 14.3 Å². The minimum Gasteiger partial charge on any atom is -0.444 e. The summed E-state index contributed by atoms with van der Waals surface area (Å²) in [5.74, 6) is -0.0861. The summed E-state index contributed by atoms with van der Waals surface area (Å²) in [6, 6.07) is 0. The lowest BCUT2D eigenvalue weighted by molar-refractivity contribution is -0.118. The molecule has 0 aromatic carbocycles. The summed E-state index contributed by atoms with van der Waals surface area (Å²) in [5.41, 5.74) is 0.0114. The van der Waals surface area contributed by atoms with Crippen LogP contribution in [0.4, 0.5) is 10.5 Å². The quantitative estimate of drug-likeness (QED) is 0.739. The number of rotatable bonds is 1. The Labute approximate surface area is 134 Å². The van der Waals surface area contributed by atoms with E-state index in [1.54, 1.807) is 9.80 Å². The molecular formula is C14H19ClN4O3. The summed E-state index contributed by atoms with van der Waals surface area (Å²) in [4.78, 5) is 35.2. The van der Waals surface area contributed by atoms with Gasteiger partial charge in [0.25, 0.3) is 0 Å². The van der Waals surface area contributed by atoms with Crippen molar-refractivity contribution in [3.8, 4) is 0 Å². The maximum absolute atomic E-state index is 12.2. The van der Waals surface area contributed by atoms with E-state index < -0.39 is 11.7 Å². The Hall–Kier alpha value is -1.89. The van der Waals surface area contributed by atoms with Crippen LogP contribution in [-0.4, -0.2) is 52.1 Å². The molecule has 0 spiro atoms. The summed E-state index contributed by atoms with van der Waals surface area (Å²) >= 11 is 5.65. The van der Waals surface area contributed by atoms with Crippen molar-refractivity contribution in [3.05, 3.63) is 17.7 Å². The predicted octanol–water partition coefficient (Wildman–Crippen LogP) is 2.10. The molecule has 1 aromatic heterocycles. The zero-order chi connectivity index (χ0) is 16.3. The first-order valence-electron chi connectivity index (χ1n) is 7.02. The number of nitrogens with zero attached hydrogens (tertiary/aromatic N) is 4. The smallest absolute Gasteiger partial charge is 0.410 e. The molecule has 0 bridgehead atoms. The highest BCUT2D eigenvalue weighted by Crippen LogP contribution is 2.18. The molecule has 8 heteroatoms. The number of hydrogen-bond donors (Lipinski definition) is 0. The van der Waals surface area contributed by atoms with E-state index in [4.69, 9.17) is 16.3 Å². The van der Waals surface area contributed by atoms with Gasteiger partial charge in [0.05, 0.1) is 18.1 Å². The van der Waals surface area contributed by atoms with E-state index in [-0.39, 0.29) is 17.6 Å². The van der Waals surface area contributed by atoms with Gasteiger partial charge >= 0.3 is 6.09 Å². The molecule has 2 heterocycles. The van der Waals surface area contributed by atoms with Gasteiger partial charge < -0.3 is 14.5 Å². The van der Waals surface area contributed by atoms with Crippen molar-refractivity contribution >= 4 is 29.3 Å². The van der Waals surface area contributed by atoms with E-state index in [0.29, 0.717) is 25.3 Å². The topological polar surface area (TPSA) is 75.6 Å². The van der Waals surface area contributed by atoms with Gasteiger partial charge in [-0.05, 0) is 32.4 Å². The zero-order valence-corrected chi connectivity index (χ0v) is 13.6. The van der Waals surface area contributed by atoms with Crippen LogP contribution >= 0.6 is 11.6 Å². The monoisotopic (exact) mass is 326 g/mol. The Morgan fingerprint density at radius 1 is 1.23 bits per heavy atom. The Morgan fingerprint density at radius 3 is 2.45 bits per heavy atom. The molecule has 1 saturated heterocycles. The molecule has 0 aliphatic carbocycles. The van der Waals surface area contributed by atoms with Crippen molar-refractivity contribution in [3.63, 3.8) is 0 Å². The van der Waals surface area contributed by atoms with E-state index in [0.717, 1.165) is 0 Å². The fourth-order valence-corrected chi connectivity index (χ4v) is 2.15. The molecule has 0 radical (unpaired) electrons. The lowest BCUT2D eigenvalue weighted by Gasteiger charge is -2.26. The molecule has 1 aliphatic rings. The van der Waals surface area contributed by atoms with Crippen LogP contribution in [0, 0.1) is 0 Å². The van der Waals surface area contributed by atoms with E-state index in [1.165, 1.54) is 12.4 Å². The summed E-state index contributed by atoms with van der Waals surface area (Å²) in [6.07, 6.45) is 2.81. The third kappa shape index (κ3) is 4.30. The maximum Gasteiger partial charge on any atom is 0.410 e. The van der Waals surface area contributed by atoms with Crippen molar-refractivity contribution in [1.29, 1.82) is 0 Å². The normalized spacial score (nSPS) is 16.5. The van der Waals surface area contributed by atoms with Gasteiger partial charge in [0, 0.05) is 26.1 Å². The summed E-state index contributed by atoms with van der Waals surface area (Å²) in [7, 11) is 0. The third-order valence-corrected chi connectivity index (χ3v) is 3.26. The van der Waals surface area contributed by atoms with E-state index in [9.17, 15) is 9.59 Å². The van der Waals surface area contributed by atoms with E-state index >= 15 is 0 Å². The molecule has 0 atom stereocenters. The first-order valence-corrected chi connectivity index (χ1v) is 7.40. The summed E-state index contributed by atoms with van der Waals surface area (Å²) < 4.78 is 5.34. The van der Waals surface area contributed by atoms with Crippen LogP contribution in [0.3, 0.4) is 0 Å². The lowest BCUT2D eigenvalue weighted by atomic mass is 10.2. The van der Waals surface area contributed by atoms with Crippen LogP contribution in [-0.2, 0) is 9.53 Å². The highest BCUT2D eigenvalue weighted by atomic mass is 35.5. The molecule has 0 saturated carbocycles. The maximum atomic E-state index is 12.2. The second-order valence-electron chi connectivity index (χ2n) is 5.97. The fraction of sp³-hybridized carbons (Fsp3) is 0.571. The summed E-state index contributed by atoms with van der Waals surface area (Å²) in [6.45, 7) is 6.52. The van der Waals surface area contributed by atoms with Crippen LogP contribution in [0.1, 0.15) is 27.2 Å². The standard InChI is InChI=1S/C14H19ClN4O3/c1-14(2,3)22-13(21)18-5-4-11(20)19(7-6-18)10-8-16-12(15)17-9-10/h8-9H,4-7H2,1-3H3. The molecule has 120 valence electrons. The Morgan fingerprint density at radius 2 is 1.86 bits per heavy atom. The average Bonchev–Trinajstić information content (AvgIpc) is 2.60. The minimum absolute atomic E-state index is 0.0861. The van der Waals surface area contributed by atoms with Gasteiger partial charge in [0.15, 0.2) is 0 Å².